The van der Waals surface area contributed by atoms with Crippen LogP contribution >= 0.6 is 11.8 Å². The van der Waals surface area contributed by atoms with Crippen LogP contribution in [0.2, 0.25) is 0 Å². The van der Waals surface area contributed by atoms with E-state index in [1.54, 1.807) is 20.8 Å². The zero-order valence-corrected chi connectivity index (χ0v) is 29.2. The van der Waals surface area contributed by atoms with Crippen LogP contribution in [0.15, 0.2) is 109 Å². The minimum atomic E-state index is -1.25. The highest BCUT2D eigenvalue weighted by Crippen LogP contribution is 2.43. The monoisotopic (exact) mass is 699 g/mol. The van der Waals surface area contributed by atoms with Crippen molar-refractivity contribution in [3.8, 4) is 5.75 Å². The number of alkyl carbamates (subject to hydrolysis) is 1. The van der Waals surface area contributed by atoms with Gasteiger partial charge in [-0.2, -0.15) is 0 Å². The van der Waals surface area contributed by atoms with Gasteiger partial charge in [-0.15, -0.1) is 11.8 Å². The molecule has 11 nitrogen and oxygen atoms in total. The summed E-state index contributed by atoms with van der Waals surface area (Å²) >= 11 is 1.38. The van der Waals surface area contributed by atoms with Crippen LogP contribution < -0.4 is 10.6 Å². The topological polar surface area (TPSA) is 144 Å². The van der Waals surface area contributed by atoms with E-state index >= 15 is 0 Å². The van der Waals surface area contributed by atoms with Gasteiger partial charge in [-0.25, -0.2) is 9.59 Å². The molecule has 12 heteroatoms. The number of carbonyl (C=O) groups excluding carboxylic acids is 4. The number of thioether (sulfide) groups is 1. The predicted octanol–water partition coefficient (Wildman–Crippen LogP) is 5.89. The van der Waals surface area contributed by atoms with E-state index in [9.17, 15) is 24.3 Å². The van der Waals surface area contributed by atoms with E-state index in [2.05, 4.69) is 17.2 Å². The molecule has 3 amide bonds. The van der Waals surface area contributed by atoms with Gasteiger partial charge in [0.25, 0.3) is 5.91 Å². The lowest BCUT2D eigenvalue weighted by molar-refractivity contribution is -0.154. The molecule has 0 aliphatic carbocycles. The Labute approximate surface area is 295 Å². The van der Waals surface area contributed by atoms with Crippen molar-refractivity contribution in [3.63, 3.8) is 0 Å². The van der Waals surface area contributed by atoms with E-state index in [4.69, 9.17) is 14.2 Å². The lowest BCUT2D eigenvalue weighted by Gasteiger charge is -2.50. The van der Waals surface area contributed by atoms with E-state index in [0.717, 1.165) is 11.1 Å². The number of allylic oxidation sites excluding steroid dienone is 1. The number of phenolic OH excluding ortho intramolecular Hbond substituents is 1. The Hall–Kier alpha value is -5.23. The van der Waals surface area contributed by atoms with E-state index < -0.39 is 53.0 Å². The Morgan fingerprint density at radius 3 is 2.12 bits per heavy atom. The first kappa shape index (κ1) is 36.1. The molecule has 2 aliphatic rings. The van der Waals surface area contributed by atoms with Crippen molar-refractivity contribution in [2.24, 2.45) is 0 Å². The second kappa shape index (κ2) is 15.5. The third-order valence-electron chi connectivity index (χ3n) is 7.88. The van der Waals surface area contributed by atoms with Crippen molar-refractivity contribution in [3.05, 3.63) is 125 Å². The van der Waals surface area contributed by atoms with Gasteiger partial charge in [0.15, 0.2) is 6.10 Å². The van der Waals surface area contributed by atoms with Gasteiger partial charge < -0.3 is 30.0 Å². The molecule has 1 saturated heterocycles. The highest BCUT2D eigenvalue weighted by atomic mass is 32.2. The van der Waals surface area contributed by atoms with E-state index in [1.165, 1.54) is 40.9 Å². The molecule has 3 aromatic carbocycles. The molecule has 0 bridgehead atoms. The molecule has 50 heavy (non-hydrogen) atoms. The minimum Gasteiger partial charge on any atom is -0.508 e. The number of ether oxygens (including phenoxy) is 3. The summed E-state index contributed by atoms with van der Waals surface area (Å²) in [6.07, 6.45) is -1.38. The Kier molecular flexibility index (Phi) is 11.2. The number of β-lactam (4-membered cyclic amide) rings is 1. The molecule has 262 valence electrons. The predicted molar refractivity (Wildman–Crippen MR) is 188 cm³/mol. The number of rotatable bonds is 12. The number of esters is 1. The fourth-order valence-electron chi connectivity index (χ4n) is 5.68. The summed E-state index contributed by atoms with van der Waals surface area (Å²) in [6, 6.07) is 22.2. The maximum atomic E-state index is 14.2. The van der Waals surface area contributed by atoms with Crippen LogP contribution in [0.4, 0.5) is 4.79 Å². The molecule has 0 spiro atoms. The fourth-order valence-corrected chi connectivity index (χ4v) is 7.02. The summed E-state index contributed by atoms with van der Waals surface area (Å²) < 4.78 is 17.2. The second-order valence-corrected chi connectivity index (χ2v) is 13.9. The largest absolute Gasteiger partial charge is 0.508 e. The Balaban J connectivity index is 1.41. The molecule has 1 fully saturated rings. The molecule has 0 aromatic heterocycles. The lowest BCUT2D eigenvalue weighted by atomic mass is 9.99. The molecular weight excluding hydrogens is 658 g/mol. The SMILES string of the molecule is C=C(CC1=C(C(=O)OC(c2ccccc2)c2ccccc2)N2C(=O)C(NC(=O)C(NC(=O)OC(C)(C)C)c3ccc(O)cc3)[C@H]2SC1)OCC. The van der Waals surface area contributed by atoms with Crippen molar-refractivity contribution in [2.45, 2.75) is 63.3 Å². The van der Waals surface area contributed by atoms with Gasteiger partial charge in [-0.3, -0.25) is 14.5 Å². The van der Waals surface area contributed by atoms with Crippen molar-refractivity contribution in [1.82, 2.24) is 15.5 Å². The van der Waals surface area contributed by atoms with Gasteiger partial charge in [0.05, 0.1) is 12.4 Å². The average molecular weight is 700 g/mol. The standard InChI is InChI=1S/C38H41N3O8S/c1-6-47-23(2)21-27-22-50-35-30(39-33(43)29(24-17-19-28(42)20-18-24)40-37(46)49-38(3,4)5)34(44)41(35)31(27)36(45)48-32(25-13-9-7-10-14-25)26-15-11-8-12-16-26/h7-20,29-30,32,35,42H,2,6,21-22H2,1,3-5H3,(H,39,43)(H,40,46)/t29?,30?,35-/m1/s1. The van der Waals surface area contributed by atoms with Gasteiger partial charge in [0.2, 0.25) is 5.91 Å². The minimum absolute atomic E-state index is 0.0237. The number of fused-ring (bicyclic) bond motifs is 1. The summed E-state index contributed by atoms with van der Waals surface area (Å²) in [5, 5.41) is 14.5. The summed E-state index contributed by atoms with van der Waals surface area (Å²) in [6.45, 7) is 11.3. The van der Waals surface area contributed by atoms with Gasteiger partial charge >= 0.3 is 12.1 Å². The van der Waals surface area contributed by atoms with Crippen LogP contribution in [0.25, 0.3) is 0 Å². The Bertz CT molecular complexity index is 1720. The first-order valence-electron chi connectivity index (χ1n) is 16.2. The molecule has 3 atom stereocenters. The zero-order chi connectivity index (χ0) is 36.0. The van der Waals surface area contributed by atoms with E-state index in [0.29, 0.717) is 29.3 Å². The van der Waals surface area contributed by atoms with Crippen LogP contribution in [0.1, 0.15) is 63.0 Å². The number of hydrogen-bond donors (Lipinski definition) is 3. The van der Waals surface area contributed by atoms with Crippen molar-refractivity contribution in [2.75, 3.05) is 12.4 Å². The molecule has 3 aromatic rings. The summed E-state index contributed by atoms with van der Waals surface area (Å²) in [5.74, 6) is -1.12. The normalized spacial score (nSPS) is 17.6. The number of nitrogens with one attached hydrogen (secondary N) is 2. The molecule has 5 rings (SSSR count). The summed E-state index contributed by atoms with van der Waals surface area (Å²) in [5.41, 5.74) is 1.75. The molecule has 3 N–H and O–H groups in total. The number of aromatic hydroxyl groups is 1. The lowest BCUT2D eigenvalue weighted by Crippen LogP contribution is -2.71. The first-order valence-corrected chi connectivity index (χ1v) is 17.3. The third-order valence-corrected chi connectivity index (χ3v) is 9.22. The molecule has 2 heterocycles. The fraction of sp³-hybridized carbons (Fsp3) is 0.316. The van der Waals surface area contributed by atoms with Crippen molar-refractivity contribution < 1.29 is 38.5 Å². The number of nitrogens with zero attached hydrogens (tertiary/aromatic N) is 1. The van der Waals surface area contributed by atoms with Crippen LogP contribution in [0.3, 0.4) is 0 Å². The number of benzene rings is 3. The zero-order valence-electron chi connectivity index (χ0n) is 28.4. The van der Waals surface area contributed by atoms with Gasteiger partial charge in [0.1, 0.15) is 34.5 Å². The number of hydrogen-bond acceptors (Lipinski definition) is 9. The van der Waals surface area contributed by atoms with Crippen LogP contribution in [0, 0.1) is 0 Å². The number of phenols is 1. The quantitative estimate of drug-likeness (QED) is 0.120. The van der Waals surface area contributed by atoms with Crippen molar-refractivity contribution >= 4 is 35.6 Å². The third kappa shape index (κ3) is 8.49. The van der Waals surface area contributed by atoms with Gasteiger partial charge in [0, 0.05) is 12.2 Å². The van der Waals surface area contributed by atoms with Crippen LogP contribution in [-0.2, 0) is 28.6 Å². The highest BCUT2D eigenvalue weighted by Gasteiger charge is 2.55. The molecule has 0 saturated carbocycles. The smallest absolute Gasteiger partial charge is 0.408 e. The Morgan fingerprint density at radius 1 is 0.960 bits per heavy atom. The second-order valence-electron chi connectivity index (χ2n) is 12.8. The molecule has 0 radical (unpaired) electrons. The molecular formula is C38H41N3O8S. The molecule has 2 unspecified atom stereocenters. The number of amides is 3. The van der Waals surface area contributed by atoms with Gasteiger partial charge in [-0.05, 0) is 62.1 Å². The summed E-state index contributed by atoms with van der Waals surface area (Å²) in [4.78, 5) is 56.0. The van der Waals surface area contributed by atoms with E-state index in [-0.39, 0.29) is 17.9 Å². The molecule has 2 aliphatic heterocycles. The summed E-state index contributed by atoms with van der Waals surface area (Å²) in [7, 11) is 0. The van der Waals surface area contributed by atoms with Crippen molar-refractivity contribution in [1.29, 1.82) is 0 Å². The van der Waals surface area contributed by atoms with Crippen LogP contribution in [0.5, 0.6) is 5.75 Å². The Morgan fingerprint density at radius 2 is 1.56 bits per heavy atom. The van der Waals surface area contributed by atoms with Crippen LogP contribution in [-0.4, -0.2) is 63.3 Å². The maximum absolute atomic E-state index is 14.2. The maximum Gasteiger partial charge on any atom is 0.408 e. The highest BCUT2D eigenvalue weighted by molar-refractivity contribution is 8.00. The van der Waals surface area contributed by atoms with E-state index in [1.807, 2.05) is 67.6 Å². The average Bonchev–Trinajstić information content (AvgIpc) is 3.08. The first-order chi connectivity index (χ1) is 23.9. The number of carbonyl (C=O) groups is 4. The van der Waals surface area contributed by atoms with Gasteiger partial charge in [-0.1, -0.05) is 79.4 Å².